The second kappa shape index (κ2) is 4.92. The molecule has 86 valence electrons. The number of hydrogen-bond donors (Lipinski definition) is 1. The van der Waals surface area contributed by atoms with E-state index >= 15 is 0 Å². The molecule has 2 fully saturated rings. The van der Waals surface area contributed by atoms with E-state index in [0.29, 0.717) is 0 Å². The SMILES string of the molecule is O=C([C@@H]1CCCN1)N1CCC(CF)CC1. The van der Waals surface area contributed by atoms with Crippen molar-refractivity contribution in [3.63, 3.8) is 0 Å². The summed E-state index contributed by atoms with van der Waals surface area (Å²) in [6, 6.07) is 0.0342. The van der Waals surface area contributed by atoms with Gasteiger partial charge in [0, 0.05) is 13.1 Å². The van der Waals surface area contributed by atoms with Crippen molar-refractivity contribution in [2.75, 3.05) is 26.3 Å². The maximum atomic E-state index is 12.4. The highest BCUT2D eigenvalue weighted by atomic mass is 19.1. The van der Waals surface area contributed by atoms with Crippen LogP contribution < -0.4 is 5.32 Å². The van der Waals surface area contributed by atoms with Gasteiger partial charge >= 0.3 is 0 Å². The molecule has 0 aromatic rings. The Morgan fingerprint density at radius 2 is 2.07 bits per heavy atom. The first-order chi connectivity index (χ1) is 7.31. The summed E-state index contributed by atoms with van der Waals surface area (Å²) in [7, 11) is 0. The number of piperidine rings is 1. The maximum absolute atomic E-state index is 12.4. The van der Waals surface area contributed by atoms with Crippen LogP contribution in [0.15, 0.2) is 0 Å². The van der Waals surface area contributed by atoms with E-state index in [0.717, 1.165) is 45.3 Å². The summed E-state index contributed by atoms with van der Waals surface area (Å²) in [5.41, 5.74) is 0. The summed E-state index contributed by atoms with van der Waals surface area (Å²) in [5, 5.41) is 3.21. The molecule has 0 radical (unpaired) electrons. The fraction of sp³-hybridized carbons (Fsp3) is 0.909. The lowest BCUT2D eigenvalue weighted by atomic mass is 9.98. The third-order valence-electron chi connectivity index (χ3n) is 3.50. The lowest BCUT2D eigenvalue weighted by Gasteiger charge is -2.32. The lowest BCUT2D eigenvalue weighted by molar-refractivity contribution is -0.134. The molecule has 15 heavy (non-hydrogen) atoms. The first-order valence-corrected chi connectivity index (χ1v) is 5.89. The Hall–Kier alpha value is -0.640. The Morgan fingerprint density at radius 1 is 1.33 bits per heavy atom. The van der Waals surface area contributed by atoms with Crippen molar-refractivity contribution < 1.29 is 9.18 Å². The van der Waals surface area contributed by atoms with Crippen LogP contribution in [-0.4, -0.2) is 43.2 Å². The van der Waals surface area contributed by atoms with E-state index in [4.69, 9.17) is 0 Å². The minimum Gasteiger partial charge on any atom is -0.341 e. The van der Waals surface area contributed by atoms with Crippen molar-refractivity contribution in [1.82, 2.24) is 10.2 Å². The average molecular weight is 214 g/mol. The first-order valence-electron chi connectivity index (χ1n) is 5.89. The minimum absolute atomic E-state index is 0.0342. The number of rotatable bonds is 2. The Kier molecular flexibility index (Phi) is 3.57. The predicted octanol–water partition coefficient (Wildman–Crippen LogP) is 0.946. The van der Waals surface area contributed by atoms with Crippen LogP contribution in [0, 0.1) is 5.92 Å². The van der Waals surface area contributed by atoms with E-state index in [2.05, 4.69) is 5.32 Å². The molecule has 1 N–H and O–H groups in total. The Labute approximate surface area is 90.0 Å². The molecule has 0 aromatic heterocycles. The van der Waals surface area contributed by atoms with Gasteiger partial charge in [0.05, 0.1) is 12.7 Å². The zero-order valence-electron chi connectivity index (χ0n) is 9.04. The van der Waals surface area contributed by atoms with Gasteiger partial charge in [0.15, 0.2) is 0 Å². The van der Waals surface area contributed by atoms with Gasteiger partial charge in [-0.25, -0.2) is 0 Å². The molecule has 2 saturated heterocycles. The second-order valence-electron chi connectivity index (χ2n) is 4.57. The molecule has 4 heteroatoms. The molecular weight excluding hydrogens is 195 g/mol. The number of likely N-dealkylation sites (tertiary alicyclic amines) is 1. The molecule has 1 amide bonds. The lowest BCUT2D eigenvalue weighted by Crippen LogP contribution is -2.47. The van der Waals surface area contributed by atoms with E-state index < -0.39 is 0 Å². The largest absolute Gasteiger partial charge is 0.341 e. The molecule has 0 aromatic carbocycles. The monoisotopic (exact) mass is 214 g/mol. The van der Waals surface area contributed by atoms with Crippen molar-refractivity contribution in [3.05, 3.63) is 0 Å². The quantitative estimate of drug-likeness (QED) is 0.742. The highest BCUT2D eigenvalue weighted by molar-refractivity contribution is 5.82. The maximum Gasteiger partial charge on any atom is 0.239 e. The third kappa shape index (κ3) is 2.48. The van der Waals surface area contributed by atoms with Gasteiger partial charge in [-0.1, -0.05) is 0 Å². The Bertz CT molecular complexity index is 221. The molecule has 0 bridgehead atoms. The van der Waals surface area contributed by atoms with E-state index in [1.165, 1.54) is 0 Å². The standard InChI is InChI=1S/C11H19FN2O/c12-8-9-3-6-14(7-4-9)11(15)10-2-1-5-13-10/h9-10,13H,1-8H2/t10-/m0/s1. The van der Waals surface area contributed by atoms with Gasteiger partial charge < -0.3 is 10.2 Å². The Morgan fingerprint density at radius 3 is 2.60 bits per heavy atom. The molecule has 2 aliphatic heterocycles. The molecule has 2 heterocycles. The summed E-state index contributed by atoms with van der Waals surface area (Å²) in [6.07, 6.45) is 3.71. The summed E-state index contributed by atoms with van der Waals surface area (Å²) in [5.74, 6) is 0.412. The molecule has 1 atom stereocenters. The van der Waals surface area contributed by atoms with Crippen LogP contribution in [0.4, 0.5) is 4.39 Å². The van der Waals surface area contributed by atoms with E-state index in [1.54, 1.807) is 0 Å². The zero-order valence-corrected chi connectivity index (χ0v) is 9.04. The van der Waals surface area contributed by atoms with Gasteiger partial charge in [0.25, 0.3) is 0 Å². The van der Waals surface area contributed by atoms with Crippen molar-refractivity contribution in [2.24, 2.45) is 5.92 Å². The molecule has 0 spiro atoms. The molecule has 0 saturated carbocycles. The van der Waals surface area contributed by atoms with Gasteiger partial charge in [0.1, 0.15) is 0 Å². The predicted molar refractivity (Wildman–Crippen MR) is 56.3 cm³/mol. The summed E-state index contributed by atoms with van der Waals surface area (Å²) in [6.45, 7) is 2.21. The molecule has 2 rings (SSSR count). The number of amides is 1. The van der Waals surface area contributed by atoms with Crippen molar-refractivity contribution in [2.45, 2.75) is 31.7 Å². The number of carbonyl (C=O) groups is 1. The zero-order chi connectivity index (χ0) is 10.7. The van der Waals surface area contributed by atoms with E-state index in [1.807, 2.05) is 4.90 Å². The average Bonchev–Trinajstić information content (AvgIpc) is 2.82. The van der Waals surface area contributed by atoms with Gasteiger partial charge in [-0.3, -0.25) is 9.18 Å². The molecule has 0 unspecified atom stereocenters. The third-order valence-corrected chi connectivity index (χ3v) is 3.50. The van der Waals surface area contributed by atoms with Crippen LogP contribution >= 0.6 is 0 Å². The van der Waals surface area contributed by atoms with Crippen LogP contribution in [0.2, 0.25) is 0 Å². The van der Waals surface area contributed by atoms with Gasteiger partial charge in [-0.05, 0) is 38.1 Å². The molecule has 0 aliphatic carbocycles. The van der Waals surface area contributed by atoms with Crippen molar-refractivity contribution >= 4 is 5.91 Å². The number of alkyl halides is 1. The fourth-order valence-corrected chi connectivity index (χ4v) is 2.42. The van der Waals surface area contributed by atoms with Crippen LogP contribution in [-0.2, 0) is 4.79 Å². The minimum atomic E-state index is -0.232. The smallest absolute Gasteiger partial charge is 0.239 e. The van der Waals surface area contributed by atoms with Gasteiger partial charge in [-0.15, -0.1) is 0 Å². The fourth-order valence-electron chi connectivity index (χ4n) is 2.42. The number of halogens is 1. The van der Waals surface area contributed by atoms with E-state index in [-0.39, 0.29) is 24.5 Å². The first kappa shape index (κ1) is 10.9. The Balaban J connectivity index is 1.81. The van der Waals surface area contributed by atoms with Gasteiger partial charge in [0.2, 0.25) is 5.91 Å². The number of nitrogens with zero attached hydrogens (tertiary/aromatic N) is 1. The molecule has 2 aliphatic rings. The second-order valence-corrected chi connectivity index (χ2v) is 4.57. The number of hydrogen-bond acceptors (Lipinski definition) is 2. The highest BCUT2D eigenvalue weighted by Gasteiger charge is 2.29. The topological polar surface area (TPSA) is 32.3 Å². The summed E-state index contributed by atoms with van der Waals surface area (Å²) >= 11 is 0. The highest BCUT2D eigenvalue weighted by Crippen LogP contribution is 2.19. The summed E-state index contributed by atoms with van der Waals surface area (Å²) in [4.78, 5) is 13.9. The van der Waals surface area contributed by atoms with E-state index in [9.17, 15) is 9.18 Å². The van der Waals surface area contributed by atoms with Crippen molar-refractivity contribution in [3.8, 4) is 0 Å². The van der Waals surface area contributed by atoms with Crippen LogP contribution in [0.5, 0.6) is 0 Å². The normalized spacial score (nSPS) is 28.3. The van der Waals surface area contributed by atoms with Crippen LogP contribution in [0.3, 0.4) is 0 Å². The molecular formula is C11H19FN2O. The van der Waals surface area contributed by atoms with Crippen LogP contribution in [0.1, 0.15) is 25.7 Å². The van der Waals surface area contributed by atoms with Crippen LogP contribution in [0.25, 0.3) is 0 Å². The van der Waals surface area contributed by atoms with Crippen molar-refractivity contribution in [1.29, 1.82) is 0 Å². The van der Waals surface area contributed by atoms with Gasteiger partial charge in [-0.2, -0.15) is 0 Å². The number of nitrogens with one attached hydrogen (secondary N) is 1. The summed E-state index contributed by atoms with van der Waals surface area (Å²) < 4.78 is 12.4. The number of carbonyl (C=O) groups excluding carboxylic acids is 1. The molecule has 3 nitrogen and oxygen atoms in total.